The topological polar surface area (TPSA) is 12.9 Å². The van der Waals surface area contributed by atoms with E-state index in [2.05, 4.69) is 79.4 Å². The standard InChI is InChI=1S/C18H31N/c1-16(2,3)13-10-11-19-14(12-13)15(17(4,5)6)18(7,8)9/h10-12,15H,1-9H3. The van der Waals surface area contributed by atoms with Crippen molar-refractivity contribution >= 4 is 0 Å². The summed E-state index contributed by atoms with van der Waals surface area (Å²) >= 11 is 0. The van der Waals surface area contributed by atoms with E-state index in [1.807, 2.05) is 6.20 Å². The third-order valence-corrected chi connectivity index (χ3v) is 3.67. The zero-order valence-corrected chi connectivity index (χ0v) is 14.3. The van der Waals surface area contributed by atoms with Gasteiger partial charge in [0.15, 0.2) is 0 Å². The van der Waals surface area contributed by atoms with E-state index in [0.29, 0.717) is 5.92 Å². The molecule has 0 aliphatic carbocycles. The van der Waals surface area contributed by atoms with Crippen LogP contribution >= 0.6 is 0 Å². The molecule has 1 aromatic heterocycles. The van der Waals surface area contributed by atoms with Crippen molar-refractivity contribution in [2.45, 2.75) is 73.6 Å². The molecule has 0 N–H and O–H groups in total. The van der Waals surface area contributed by atoms with Gasteiger partial charge < -0.3 is 0 Å². The Labute approximate surface area is 119 Å². The van der Waals surface area contributed by atoms with Crippen molar-refractivity contribution in [1.82, 2.24) is 4.98 Å². The van der Waals surface area contributed by atoms with E-state index < -0.39 is 0 Å². The Morgan fingerprint density at radius 2 is 1.32 bits per heavy atom. The molecule has 1 rings (SSSR count). The maximum absolute atomic E-state index is 4.69. The van der Waals surface area contributed by atoms with Crippen LogP contribution in [0.5, 0.6) is 0 Å². The molecule has 0 radical (unpaired) electrons. The Morgan fingerprint density at radius 1 is 0.842 bits per heavy atom. The van der Waals surface area contributed by atoms with E-state index in [1.54, 1.807) is 0 Å². The van der Waals surface area contributed by atoms with E-state index in [-0.39, 0.29) is 16.2 Å². The minimum Gasteiger partial charge on any atom is -0.261 e. The highest BCUT2D eigenvalue weighted by Gasteiger charge is 2.37. The van der Waals surface area contributed by atoms with Gasteiger partial charge in [-0.25, -0.2) is 0 Å². The maximum Gasteiger partial charge on any atom is 0.0447 e. The van der Waals surface area contributed by atoms with Crippen molar-refractivity contribution in [1.29, 1.82) is 0 Å². The zero-order valence-electron chi connectivity index (χ0n) is 14.3. The van der Waals surface area contributed by atoms with E-state index in [9.17, 15) is 0 Å². The van der Waals surface area contributed by atoms with Crippen molar-refractivity contribution in [2.75, 3.05) is 0 Å². The zero-order chi connectivity index (χ0) is 15.1. The number of rotatable bonds is 1. The molecule has 0 saturated heterocycles. The van der Waals surface area contributed by atoms with Gasteiger partial charge in [-0.15, -0.1) is 0 Å². The summed E-state index contributed by atoms with van der Waals surface area (Å²) in [6.45, 7) is 20.7. The molecule has 1 heterocycles. The predicted molar refractivity (Wildman–Crippen MR) is 84.6 cm³/mol. The van der Waals surface area contributed by atoms with Crippen molar-refractivity contribution < 1.29 is 0 Å². The first-order valence-electron chi connectivity index (χ1n) is 7.30. The minimum atomic E-state index is 0.179. The molecule has 0 spiro atoms. The molecule has 19 heavy (non-hydrogen) atoms. The van der Waals surface area contributed by atoms with Crippen LogP contribution in [0, 0.1) is 10.8 Å². The summed E-state index contributed by atoms with van der Waals surface area (Å²) in [6, 6.07) is 4.45. The summed E-state index contributed by atoms with van der Waals surface area (Å²) in [5.41, 5.74) is 3.20. The van der Waals surface area contributed by atoms with Crippen LogP contribution in [0.3, 0.4) is 0 Å². The van der Waals surface area contributed by atoms with Crippen LogP contribution in [0.4, 0.5) is 0 Å². The molecular formula is C18H31N. The number of hydrogen-bond acceptors (Lipinski definition) is 1. The molecule has 0 fully saturated rings. The second kappa shape index (κ2) is 4.92. The van der Waals surface area contributed by atoms with Crippen LogP contribution in [-0.4, -0.2) is 4.98 Å². The van der Waals surface area contributed by atoms with E-state index in [4.69, 9.17) is 0 Å². The second-order valence-electron chi connectivity index (χ2n) is 8.88. The Hall–Kier alpha value is -0.850. The van der Waals surface area contributed by atoms with E-state index in [0.717, 1.165) is 0 Å². The second-order valence-corrected chi connectivity index (χ2v) is 8.88. The summed E-state index contributed by atoms with van der Waals surface area (Å²) in [7, 11) is 0. The monoisotopic (exact) mass is 261 g/mol. The normalized spacial score (nSPS) is 14.0. The number of nitrogens with zero attached hydrogens (tertiary/aromatic N) is 1. The summed E-state index contributed by atoms with van der Waals surface area (Å²) < 4.78 is 0. The summed E-state index contributed by atoms with van der Waals surface area (Å²) in [6.07, 6.45) is 1.97. The van der Waals surface area contributed by atoms with Crippen molar-refractivity contribution in [3.8, 4) is 0 Å². The van der Waals surface area contributed by atoms with Gasteiger partial charge in [-0.3, -0.25) is 4.98 Å². The molecule has 0 aliphatic heterocycles. The lowest BCUT2D eigenvalue weighted by atomic mass is 9.64. The van der Waals surface area contributed by atoms with Gasteiger partial charge in [-0.1, -0.05) is 62.3 Å². The molecule has 0 bridgehead atoms. The van der Waals surface area contributed by atoms with Crippen LogP contribution < -0.4 is 0 Å². The SMILES string of the molecule is CC(C)(C)c1ccnc(C(C(C)(C)C)C(C)(C)C)c1. The first kappa shape index (κ1) is 16.2. The minimum absolute atomic E-state index is 0.179. The molecule has 1 aromatic rings. The lowest BCUT2D eigenvalue weighted by Crippen LogP contribution is -2.31. The van der Waals surface area contributed by atoms with Gasteiger partial charge >= 0.3 is 0 Å². The highest BCUT2D eigenvalue weighted by Crippen LogP contribution is 2.47. The summed E-state index contributed by atoms with van der Waals surface area (Å²) in [5.74, 6) is 0.447. The molecule has 0 saturated carbocycles. The van der Waals surface area contributed by atoms with Crippen LogP contribution in [-0.2, 0) is 5.41 Å². The van der Waals surface area contributed by atoms with Gasteiger partial charge in [-0.2, -0.15) is 0 Å². The lowest BCUT2D eigenvalue weighted by Gasteiger charge is -2.40. The Kier molecular flexibility index (Phi) is 4.20. The van der Waals surface area contributed by atoms with Crippen molar-refractivity contribution in [3.05, 3.63) is 29.6 Å². The molecule has 0 unspecified atom stereocenters. The predicted octanol–water partition coefficient (Wildman–Crippen LogP) is 5.55. The van der Waals surface area contributed by atoms with Crippen LogP contribution in [0.25, 0.3) is 0 Å². The molecule has 1 nitrogen and oxygen atoms in total. The van der Waals surface area contributed by atoms with E-state index >= 15 is 0 Å². The molecule has 0 aliphatic rings. The van der Waals surface area contributed by atoms with Crippen LogP contribution in [0.1, 0.15) is 79.5 Å². The Bertz CT molecular complexity index is 410. The number of aromatic nitrogens is 1. The molecule has 0 aromatic carbocycles. The van der Waals surface area contributed by atoms with Gasteiger partial charge in [0.25, 0.3) is 0 Å². The number of pyridine rings is 1. The molecular weight excluding hydrogens is 230 g/mol. The van der Waals surface area contributed by atoms with Crippen molar-refractivity contribution in [3.63, 3.8) is 0 Å². The summed E-state index contributed by atoms with van der Waals surface area (Å²) in [4.78, 5) is 4.69. The highest BCUT2D eigenvalue weighted by atomic mass is 14.7. The van der Waals surface area contributed by atoms with Crippen LogP contribution in [0.2, 0.25) is 0 Å². The fraction of sp³-hybridized carbons (Fsp3) is 0.722. The van der Waals surface area contributed by atoms with Gasteiger partial charge in [0.2, 0.25) is 0 Å². The average Bonchev–Trinajstić information content (AvgIpc) is 2.11. The largest absolute Gasteiger partial charge is 0.261 e. The first-order chi connectivity index (χ1) is 8.33. The van der Waals surface area contributed by atoms with E-state index in [1.165, 1.54) is 11.3 Å². The molecule has 0 amide bonds. The van der Waals surface area contributed by atoms with Gasteiger partial charge in [0.1, 0.15) is 0 Å². The Balaban J connectivity index is 3.34. The first-order valence-corrected chi connectivity index (χ1v) is 7.30. The summed E-state index contributed by atoms with van der Waals surface area (Å²) in [5, 5.41) is 0. The Morgan fingerprint density at radius 3 is 1.68 bits per heavy atom. The molecule has 0 atom stereocenters. The lowest BCUT2D eigenvalue weighted by molar-refractivity contribution is 0.172. The fourth-order valence-electron chi connectivity index (χ4n) is 3.26. The number of hydrogen-bond donors (Lipinski definition) is 0. The highest BCUT2D eigenvalue weighted by molar-refractivity contribution is 5.27. The molecule has 1 heteroatoms. The van der Waals surface area contributed by atoms with Crippen LogP contribution in [0.15, 0.2) is 18.3 Å². The third kappa shape index (κ3) is 4.06. The molecule has 108 valence electrons. The smallest absolute Gasteiger partial charge is 0.0447 e. The van der Waals surface area contributed by atoms with Crippen molar-refractivity contribution in [2.24, 2.45) is 10.8 Å². The third-order valence-electron chi connectivity index (χ3n) is 3.67. The quantitative estimate of drug-likeness (QED) is 0.645. The maximum atomic E-state index is 4.69. The average molecular weight is 261 g/mol. The van der Waals surface area contributed by atoms with Gasteiger partial charge in [0.05, 0.1) is 0 Å². The van der Waals surface area contributed by atoms with Gasteiger partial charge in [-0.05, 0) is 33.9 Å². The fourth-order valence-corrected chi connectivity index (χ4v) is 3.26. The van der Waals surface area contributed by atoms with Gasteiger partial charge in [0, 0.05) is 17.8 Å².